The van der Waals surface area contributed by atoms with E-state index in [4.69, 9.17) is 9.47 Å². The number of Topliss-reactive ketones (excluding diaryl/α,β-unsaturated/α-hetero) is 1. The minimum atomic E-state index is -0.568. The third-order valence-electron chi connectivity index (χ3n) is 1.09. The number of hydrogen-bond donors (Lipinski definition) is 0. The molecule has 0 amide bonds. The maximum Gasteiger partial charge on any atom is 0.315 e. The summed E-state index contributed by atoms with van der Waals surface area (Å²) in [4.78, 5) is 21.3. The van der Waals surface area contributed by atoms with Crippen LogP contribution in [0.15, 0.2) is 0 Å². The molecule has 0 aromatic heterocycles. The van der Waals surface area contributed by atoms with Crippen molar-refractivity contribution in [1.82, 2.24) is 0 Å². The van der Waals surface area contributed by atoms with Crippen molar-refractivity contribution in [1.29, 1.82) is 0 Å². The van der Waals surface area contributed by atoms with Gasteiger partial charge in [0.1, 0.15) is 12.2 Å². The Hall–Kier alpha value is -0.900. The Bertz CT molecular complexity index is 164. The number of esters is 1. The van der Waals surface area contributed by atoms with Gasteiger partial charge in [0, 0.05) is 6.61 Å². The van der Waals surface area contributed by atoms with Gasteiger partial charge in [0.15, 0.2) is 6.29 Å². The van der Waals surface area contributed by atoms with Crippen LogP contribution in [0.25, 0.3) is 0 Å². The molecule has 1 unspecified atom stereocenters. The number of carbonyl (C=O) groups excluding carboxylic acids is 2. The monoisotopic (exact) mass is 174 g/mol. The summed E-state index contributed by atoms with van der Waals surface area (Å²) < 4.78 is 9.66. The smallest absolute Gasteiger partial charge is 0.315 e. The van der Waals surface area contributed by atoms with Crippen molar-refractivity contribution in [2.75, 3.05) is 6.61 Å². The van der Waals surface area contributed by atoms with Crippen LogP contribution >= 0.6 is 0 Å². The summed E-state index contributed by atoms with van der Waals surface area (Å²) in [5, 5.41) is 0. The molecule has 0 rings (SSSR count). The third kappa shape index (κ3) is 5.85. The number of hydrogen-bond acceptors (Lipinski definition) is 4. The van der Waals surface area contributed by atoms with Gasteiger partial charge in [0.25, 0.3) is 0 Å². The summed E-state index contributed by atoms with van der Waals surface area (Å²) in [6.45, 7) is 5.23. The molecule has 0 aliphatic rings. The number of ether oxygens (including phenoxy) is 2. The SMILES string of the molecule is CCOC(C)OC(=O)CC(C)=O. The molecule has 4 heteroatoms. The fourth-order valence-electron chi connectivity index (χ4n) is 0.699. The zero-order valence-corrected chi connectivity index (χ0v) is 7.62. The van der Waals surface area contributed by atoms with Crippen LogP contribution in [-0.4, -0.2) is 24.6 Å². The van der Waals surface area contributed by atoms with E-state index in [9.17, 15) is 9.59 Å². The van der Waals surface area contributed by atoms with E-state index in [1.54, 1.807) is 13.8 Å². The zero-order valence-electron chi connectivity index (χ0n) is 7.62. The maximum atomic E-state index is 10.8. The Morgan fingerprint density at radius 2 is 2.00 bits per heavy atom. The second-order valence-electron chi connectivity index (χ2n) is 2.39. The fourth-order valence-corrected chi connectivity index (χ4v) is 0.699. The van der Waals surface area contributed by atoms with E-state index in [-0.39, 0.29) is 12.2 Å². The van der Waals surface area contributed by atoms with Gasteiger partial charge in [-0.05, 0) is 20.8 Å². The van der Waals surface area contributed by atoms with Gasteiger partial charge in [-0.3, -0.25) is 9.59 Å². The lowest BCUT2D eigenvalue weighted by Crippen LogP contribution is -2.19. The van der Waals surface area contributed by atoms with E-state index in [1.807, 2.05) is 0 Å². The summed E-state index contributed by atoms with van der Waals surface area (Å²) in [7, 11) is 0. The van der Waals surface area contributed by atoms with E-state index in [1.165, 1.54) is 6.92 Å². The summed E-state index contributed by atoms with van der Waals surface area (Å²) in [6.07, 6.45) is -0.751. The van der Waals surface area contributed by atoms with Gasteiger partial charge >= 0.3 is 5.97 Å². The lowest BCUT2D eigenvalue weighted by molar-refractivity contribution is -0.174. The van der Waals surface area contributed by atoms with Crippen LogP contribution in [0.2, 0.25) is 0 Å². The summed E-state index contributed by atoms with van der Waals surface area (Å²) >= 11 is 0. The number of carbonyl (C=O) groups is 2. The molecular weight excluding hydrogens is 160 g/mol. The Kier molecular flexibility index (Phi) is 5.28. The molecule has 1 atom stereocenters. The standard InChI is InChI=1S/C8H14O4/c1-4-11-7(3)12-8(10)5-6(2)9/h7H,4-5H2,1-3H3. The summed E-state index contributed by atoms with van der Waals surface area (Å²) in [5.41, 5.74) is 0. The van der Waals surface area contributed by atoms with E-state index in [2.05, 4.69) is 0 Å². The van der Waals surface area contributed by atoms with Crippen molar-refractivity contribution in [3.05, 3.63) is 0 Å². The molecule has 0 saturated heterocycles. The van der Waals surface area contributed by atoms with Gasteiger partial charge in [-0.25, -0.2) is 0 Å². The lowest BCUT2D eigenvalue weighted by atomic mass is 10.3. The molecule has 0 spiro atoms. The molecule has 0 aromatic rings. The van der Waals surface area contributed by atoms with Gasteiger partial charge in [0.2, 0.25) is 0 Å². The van der Waals surface area contributed by atoms with Gasteiger partial charge in [-0.1, -0.05) is 0 Å². The van der Waals surface area contributed by atoms with Crippen molar-refractivity contribution in [2.45, 2.75) is 33.5 Å². The first-order valence-corrected chi connectivity index (χ1v) is 3.86. The normalized spacial score (nSPS) is 12.2. The molecule has 0 radical (unpaired) electrons. The topological polar surface area (TPSA) is 52.6 Å². The minimum Gasteiger partial charge on any atom is -0.436 e. The Labute approximate surface area is 71.8 Å². The highest BCUT2D eigenvalue weighted by molar-refractivity contribution is 5.94. The quantitative estimate of drug-likeness (QED) is 0.353. The molecule has 0 heterocycles. The average molecular weight is 174 g/mol. The van der Waals surface area contributed by atoms with Crippen molar-refractivity contribution < 1.29 is 19.1 Å². The second-order valence-corrected chi connectivity index (χ2v) is 2.39. The van der Waals surface area contributed by atoms with Gasteiger partial charge in [0.05, 0.1) is 0 Å². The zero-order chi connectivity index (χ0) is 9.56. The average Bonchev–Trinajstić information content (AvgIpc) is 1.84. The molecule has 0 fully saturated rings. The first-order chi connectivity index (χ1) is 5.56. The van der Waals surface area contributed by atoms with E-state index in [0.717, 1.165) is 0 Å². The first-order valence-electron chi connectivity index (χ1n) is 3.86. The highest BCUT2D eigenvalue weighted by Gasteiger charge is 2.10. The Morgan fingerprint density at radius 1 is 1.42 bits per heavy atom. The van der Waals surface area contributed by atoms with Crippen LogP contribution in [0.5, 0.6) is 0 Å². The predicted octanol–water partition coefficient (Wildman–Crippen LogP) is 0.891. The van der Waals surface area contributed by atoms with E-state index >= 15 is 0 Å². The molecule has 0 aliphatic heterocycles. The van der Waals surface area contributed by atoms with Crippen LogP contribution in [0.4, 0.5) is 0 Å². The van der Waals surface area contributed by atoms with Crippen LogP contribution in [0.3, 0.4) is 0 Å². The first kappa shape index (κ1) is 11.1. The maximum absolute atomic E-state index is 10.8. The molecule has 0 bridgehead atoms. The molecule has 70 valence electrons. The van der Waals surface area contributed by atoms with Crippen molar-refractivity contribution in [3.8, 4) is 0 Å². The molecular formula is C8H14O4. The molecule has 12 heavy (non-hydrogen) atoms. The lowest BCUT2D eigenvalue weighted by Gasteiger charge is -2.11. The van der Waals surface area contributed by atoms with E-state index in [0.29, 0.717) is 6.61 Å². The van der Waals surface area contributed by atoms with Crippen molar-refractivity contribution >= 4 is 11.8 Å². The molecule has 0 N–H and O–H groups in total. The highest BCUT2D eigenvalue weighted by atomic mass is 16.7. The van der Waals surface area contributed by atoms with E-state index < -0.39 is 12.3 Å². The Morgan fingerprint density at radius 3 is 2.42 bits per heavy atom. The largest absolute Gasteiger partial charge is 0.436 e. The van der Waals surface area contributed by atoms with Gasteiger partial charge < -0.3 is 9.47 Å². The van der Waals surface area contributed by atoms with Gasteiger partial charge in [-0.15, -0.1) is 0 Å². The minimum absolute atomic E-state index is 0.183. The molecule has 0 saturated carbocycles. The molecule has 0 aliphatic carbocycles. The summed E-state index contributed by atoms with van der Waals surface area (Å²) in [5.74, 6) is -0.743. The highest BCUT2D eigenvalue weighted by Crippen LogP contribution is 1.96. The van der Waals surface area contributed by atoms with Crippen LogP contribution in [0.1, 0.15) is 27.2 Å². The van der Waals surface area contributed by atoms with Crippen molar-refractivity contribution in [2.24, 2.45) is 0 Å². The third-order valence-corrected chi connectivity index (χ3v) is 1.09. The second kappa shape index (κ2) is 5.71. The van der Waals surface area contributed by atoms with Crippen molar-refractivity contribution in [3.63, 3.8) is 0 Å². The number of rotatable bonds is 5. The summed E-state index contributed by atoms with van der Waals surface area (Å²) in [6, 6.07) is 0. The molecule has 4 nitrogen and oxygen atoms in total. The van der Waals surface area contributed by atoms with Gasteiger partial charge in [-0.2, -0.15) is 0 Å². The number of ketones is 1. The Balaban J connectivity index is 3.61. The predicted molar refractivity (Wildman–Crippen MR) is 42.5 cm³/mol. The molecule has 0 aromatic carbocycles. The fraction of sp³-hybridized carbons (Fsp3) is 0.750. The van der Waals surface area contributed by atoms with Crippen LogP contribution in [0, 0.1) is 0 Å². The van der Waals surface area contributed by atoms with Crippen LogP contribution < -0.4 is 0 Å². The van der Waals surface area contributed by atoms with Crippen LogP contribution in [-0.2, 0) is 19.1 Å².